The maximum atomic E-state index is 12.1. The Hall–Kier alpha value is -2.85. The van der Waals surface area contributed by atoms with E-state index in [0.29, 0.717) is 11.5 Å². The lowest BCUT2D eigenvalue weighted by Gasteiger charge is -2.11. The van der Waals surface area contributed by atoms with Crippen LogP contribution in [0.4, 0.5) is 5.95 Å². The number of nitro groups is 1. The van der Waals surface area contributed by atoms with Gasteiger partial charge in [0.1, 0.15) is 5.69 Å². The monoisotopic (exact) mass is 304 g/mol. The lowest BCUT2D eigenvalue weighted by Crippen LogP contribution is -2.46. The van der Waals surface area contributed by atoms with E-state index in [1.807, 2.05) is 0 Å². The minimum absolute atomic E-state index is 0.0506. The van der Waals surface area contributed by atoms with Crippen molar-refractivity contribution < 1.29 is 14.1 Å². The number of hydrogen-bond acceptors (Lipinski definition) is 8. The number of hydrazine groups is 1. The smallest absolute Gasteiger partial charge is 0.252 e. The number of furan rings is 1. The summed E-state index contributed by atoms with van der Waals surface area (Å²) in [6.07, 6.45) is 2.97. The van der Waals surface area contributed by atoms with Crippen molar-refractivity contribution in [3.63, 3.8) is 0 Å². The van der Waals surface area contributed by atoms with Crippen LogP contribution in [0.1, 0.15) is 0 Å². The number of carbonyl (C=O) groups is 1. The second-order valence-electron chi connectivity index (χ2n) is 4.59. The van der Waals surface area contributed by atoms with Crippen molar-refractivity contribution in [2.24, 2.45) is 0 Å². The fourth-order valence-corrected chi connectivity index (χ4v) is 2.09. The average Bonchev–Trinajstić information content (AvgIpc) is 3.19. The van der Waals surface area contributed by atoms with Gasteiger partial charge in [0.05, 0.1) is 12.8 Å². The molecule has 1 aliphatic heterocycles. The number of nitrogens with one attached hydrogen (secondary N) is 3. The van der Waals surface area contributed by atoms with E-state index >= 15 is 0 Å². The van der Waals surface area contributed by atoms with E-state index in [9.17, 15) is 14.9 Å². The third-order valence-electron chi connectivity index (χ3n) is 3.17. The molecule has 2 aromatic rings. The number of aromatic nitrogens is 2. The van der Waals surface area contributed by atoms with Gasteiger partial charge in [-0.15, -0.1) is 0 Å². The molecular formula is C12H12N6O4. The van der Waals surface area contributed by atoms with Crippen LogP contribution in [0.25, 0.3) is 11.5 Å². The Bertz CT molecular complexity index is 689. The quantitative estimate of drug-likeness (QED) is 0.522. The molecule has 1 aliphatic rings. The summed E-state index contributed by atoms with van der Waals surface area (Å²) < 4.78 is 5.21. The van der Waals surface area contributed by atoms with Crippen molar-refractivity contribution >= 4 is 11.9 Å². The minimum Gasteiger partial charge on any atom is -0.463 e. The molecule has 3 rings (SSSR count). The van der Waals surface area contributed by atoms with Crippen molar-refractivity contribution in [3.8, 4) is 11.5 Å². The fourth-order valence-electron chi connectivity index (χ4n) is 2.09. The Kier molecular flexibility index (Phi) is 3.76. The molecule has 0 saturated carbocycles. The minimum atomic E-state index is -1.05. The van der Waals surface area contributed by atoms with E-state index in [2.05, 4.69) is 26.1 Å². The van der Waals surface area contributed by atoms with Gasteiger partial charge < -0.3 is 4.42 Å². The Morgan fingerprint density at radius 2 is 2.36 bits per heavy atom. The molecule has 0 spiro atoms. The summed E-state index contributed by atoms with van der Waals surface area (Å²) in [7, 11) is 0. The molecule has 2 unspecified atom stereocenters. The highest BCUT2D eigenvalue weighted by atomic mass is 16.6. The molecule has 2 aromatic heterocycles. The third-order valence-corrected chi connectivity index (χ3v) is 3.17. The van der Waals surface area contributed by atoms with Gasteiger partial charge in [-0.05, 0) is 18.2 Å². The standard InChI is InChI=1S/C12H12N6O4/c19-11(10-8(18(20)21)6-14-17-10)16-12-13-4-3-7(15-12)9-2-1-5-22-9/h1-5,8,10,14,17H,6H2,(H,13,15,16,19). The lowest BCUT2D eigenvalue weighted by molar-refractivity contribution is -0.517. The van der Waals surface area contributed by atoms with E-state index in [1.54, 1.807) is 18.2 Å². The molecule has 1 fully saturated rings. The Morgan fingerprint density at radius 3 is 3.09 bits per heavy atom. The van der Waals surface area contributed by atoms with Crippen LogP contribution < -0.4 is 16.2 Å². The van der Waals surface area contributed by atoms with Gasteiger partial charge in [-0.1, -0.05) is 0 Å². The number of anilines is 1. The van der Waals surface area contributed by atoms with Crippen molar-refractivity contribution in [1.29, 1.82) is 0 Å². The molecule has 0 aromatic carbocycles. The molecule has 0 radical (unpaired) electrons. The molecule has 0 aliphatic carbocycles. The average molecular weight is 304 g/mol. The third kappa shape index (κ3) is 2.77. The fraction of sp³-hybridized carbons (Fsp3) is 0.250. The van der Waals surface area contributed by atoms with E-state index in [-0.39, 0.29) is 12.5 Å². The molecule has 10 heteroatoms. The zero-order chi connectivity index (χ0) is 15.5. The highest BCUT2D eigenvalue weighted by Gasteiger charge is 2.41. The number of amides is 1. The maximum Gasteiger partial charge on any atom is 0.252 e. The molecule has 1 saturated heterocycles. The summed E-state index contributed by atoms with van der Waals surface area (Å²) in [4.78, 5) is 30.6. The molecule has 114 valence electrons. The van der Waals surface area contributed by atoms with Crippen LogP contribution in [0.3, 0.4) is 0 Å². The number of carbonyl (C=O) groups excluding carboxylic acids is 1. The predicted molar refractivity (Wildman–Crippen MR) is 74.1 cm³/mol. The molecule has 3 N–H and O–H groups in total. The molecule has 0 bridgehead atoms. The summed E-state index contributed by atoms with van der Waals surface area (Å²) >= 11 is 0. The number of rotatable bonds is 4. The van der Waals surface area contributed by atoms with Crippen molar-refractivity contribution in [3.05, 3.63) is 40.8 Å². The van der Waals surface area contributed by atoms with E-state index in [4.69, 9.17) is 4.42 Å². The zero-order valence-corrected chi connectivity index (χ0v) is 11.2. The van der Waals surface area contributed by atoms with E-state index in [0.717, 1.165) is 0 Å². The van der Waals surface area contributed by atoms with Gasteiger partial charge in [-0.25, -0.2) is 20.8 Å². The maximum absolute atomic E-state index is 12.1. The zero-order valence-electron chi connectivity index (χ0n) is 11.2. The van der Waals surface area contributed by atoms with Crippen molar-refractivity contribution in [2.45, 2.75) is 12.1 Å². The van der Waals surface area contributed by atoms with Gasteiger partial charge in [0.2, 0.25) is 5.95 Å². The van der Waals surface area contributed by atoms with E-state index in [1.165, 1.54) is 12.5 Å². The second kappa shape index (κ2) is 5.87. The van der Waals surface area contributed by atoms with Crippen LogP contribution in [0.15, 0.2) is 35.1 Å². The first-order valence-electron chi connectivity index (χ1n) is 6.45. The molecule has 2 atom stereocenters. The van der Waals surface area contributed by atoms with Crippen molar-refractivity contribution in [1.82, 2.24) is 20.8 Å². The van der Waals surface area contributed by atoms with Crippen LogP contribution in [-0.4, -0.2) is 39.4 Å². The van der Waals surface area contributed by atoms with Crippen LogP contribution in [0.5, 0.6) is 0 Å². The van der Waals surface area contributed by atoms with Gasteiger partial charge >= 0.3 is 0 Å². The number of nitrogens with zero attached hydrogens (tertiary/aromatic N) is 3. The highest BCUT2D eigenvalue weighted by molar-refractivity contribution is 5.94. The number of hydrogen-bond donors (Lipinski definition) is 3. The highest BCUT2D eigenvalue weighted by Crippen LogP contribution is 2.17. The Morgan fingerprint density at radius 1 is 1.50 bits per heavy atom. The van der Waals surface area contributed by atoms with Gasteiger partial charge in [0.25, 0.3) is 11.9 Å². The van der Waals surface area contributed by atoms with Gasteiger partial charge in [0.15, 0.2) is 11.8 Å². The van der Waals surface area contributed by atoms with Crippen LogP contribution >= 0.6 is 0 Å². The van der Waals surface area contributed by atoms with Gasteiger partial charge in [-0.2, -0.15) is 0 Å². The van der Waals surface area contributed by atoms with Crippen LogP contribution in [-0.2, 0) is 4.79 Å². The molecular weight excluding hydrogens is 292 g/mol. The summed E-state index contributed by atoms with van der Waals surface area (Å²) in [5.41, 5.74) is 5.67. The second-order valence-corrected chi connectivity index (χ2v) is 4.59. The molecule has 22 heavy (non-hydrogen) atoms. The molecule has 10 nitrogen and oxygen atoms in total. The Labute approximate surface area is 124 Å². The van der Waals surface area contributed by atoms with Crippen LogP contribution in [0.2, 0.25) is 0 Å². The molecule has 3 heterocycles. The van der Waals surface area contributed by atoms with Crippen LogP contribution in [0, 0.1) is 10.1 Å². The summed E-state index contributed by atoms with van der Waals surface area (Å²) in [6, 6.07) is 3.02. The normalized spacial score (nSPS) is 20.7. The van der Waals surface area contributed by atoms with Crippen molar-refractivity contribution in [2.75, 3.05) is 11.9 Å². The van der Waals surface area contributed by atoms with E-state index < -0.39 is 22.9 Å². The lowest BCUT2D eigenvalue weighted by atomic mass is 10.1. The van der Waals surface area contributed by atoms with Gasteiger partial charge in [-0.3, -0.25) is 20.2 Å². The summed E-state index contributed by atoms with van der Waals surface area (Å²) in [6.45, 7) is 0.0678. The SMILES string of the molecule is O=C(Nc1nccc(-c2ccco2)n1)C1NNCC1[N+](=O)[O-]. The summed E-state index contributed by atoms with van der Waals surface area (Å²) in [5, 5.41) is 13.3. The first kappa shape index (κ1) is 14.1. The first-order valence-corrected chi connectivity index (χ1v) is 6.45. The predicted octanol–water partition coefficient (Wildman–Crippen LogP) is -0.203. The van der Waals surface area contributed by atoms with Gasteiger partial charge in [0, 0.05) is 11.1 Å². The first-order chi connectivity index (χ1) is 10.6. The summed E-state index contributed by atoms with van der Waals surface area (Å²) in [5.74, 6) is -0.000261. The molecule has 1 amide bonds. The Balaban J connectivity index is 1.74. The topological polar surface area (TPSA) is 135 Å². The largest absolute Gasteiger partial charge is 0.463 e.